The molecular weight excluding hydrogens is 342 g/mol. The van der Waals surface area contributed by atoms with Gasteiger partial charge in [-0.1, -0.05) is 80.2 Å². The molecule has 0 aliphatic heterocycles. The van der Waals surface area contributed by atoms with Gasteiger partial charge in [0.2, 0.25) is 0 Å². The van der Waals surface area contributed by atoms with Gasteiger partial charge in [-0.05, 0) is 17.9 Å². The van der Waals surface area contributed by atoms with Crippen LogP contribution in [0.25, 0.3) is 11.4 Å². The van der Waals surface area contributed by atoms with E-state index in [9.17, 15) is 4.79 Å². The second kappa shape index (κ2) is 8.32. The van der Waals surface area contributed by atoms with Crippen molar-refractivity contribution in [3.63, 3.8) is 0 Å². The number of carbonyl (C=O) groups is 1. The van der Waals surface area contributed by atoms with Crippen LogP contribution in [-0.2, 0) is 7.05 Å². The van der Waals surface area contributed by atoms with Crippen LogP contribution in [0.3, 0.4) is 0 Å². The molecule has 5 heteroatoms. The molecule has 0 aliphatic rings. The van der Waals surface area contributed by atoms with Crippen molar-refractivity contribution in [3.8, 4) is 11.4 Å². The number of hydrogen-bond acceptors (Lipinski definition) is 4. The summed E-state index contributed by atoms with van der Waals surface area (Å²) in [5, 5.41) is 9.23. The van der Waals surface area contributed by atoms with Crippen molar-refractivity contribution in [1.29, 1.82) is 0 Å². The third-order valence-corrected chi connectivity index (χ3v) is 5.63. The number of hydrogen-bond donors (Lipinski definition) is 0. The first kappa shape index (κ1) is 18.4. The summed E-state index contributed by atoms with van der Waals surface area (Å²) < 4.78 is 1.93. The van der Waals surface area contributed by atoms with Crippen LogP contribution in [0.4, 0.5) is 0 Å². The van der Waals surface area contributed by atoms with E-state index in [2.05, 4.69) is 36.2 Å². The highest BCUT2D eigenvalue weighted by molar-refractivity contribution is 7.99. The maximum atomic E-state index is 12.5. The molecule has 3 aromatic rings. The van der Waals surface area contributed by atoms with Crippen LogP contribution in [0.5, 0.6) is 0 Å². The molecule has 0 fully saturated rings. The topological polar surface area (TPSA) is 47.8 Å². The number of carbonyl (C=O) groups excluding carboxylic acids is 1. The Morgan fingerprint density at radius 1 is 1.08 bits per heavy atom. The molecule has 134 valence electrons. The Kier molecular flexibility index (Phi) is 5.89. The highest BCUT2D eigenvalue weighted by Gasteiger charge is 2.14. The van der Waals surface area contributed by atoms with Crippen LogP contribution >= 0.6 is 11.8 Å². The molecule has 0 radical (unpaired) electrons. The van der Waals surface area contributed by atoms with Gasteiger partial charge in [0.15, 0.2) is 16.8 Å². The molecule has 1 heterocycles. The Labute approximate surface area is 158 Å². The van der Waals surface area contributed by atoms with Gasteiger partial charge in [-0.2, -0.15) is 0 Å². The molecule has 0 saturated heterocycles. The standard InChI is InChI=1S/C21H23N3OS/c1-4-15(2)16-10-12-17(13-11-16)19(25)14-26-21-23-22-20(24(21)3)18-8-6-5-7-9-18/h5-13,15H,4,14H2,1-3H3/t15-/m1/s1. The van der Waals surface area contributed by atoms with E-state index < -0.39 is 0 Å². The van der Waals surface area contributed by atoms with Crippen LogP contribution in [0.15, 0.2) is 59.8 Å². The van der Waals surface area contributed by atoms with Crippen molar-refractivity contribution < 1.29 is 4.79 Å². The van der Waals surface area contributed by atoms with E-state index in [0.29, 0.717) is 11.7 Å². The van der Waals surface area contributed by atoms with Gasteiger partial charge in [0.1, 0.15) is 0 Å². The van der Waals surface area contributed by atoms with E-state index in [-0.39, 0.29) is 5.78 Å². The van der Waals surface area contributed by atoms with Crippen LogP contribution in [-0.4, -0.2) is 26.3 Å². The maximum absolute atomic E-state index is 12.5. The largest absolute Gasteiger partial charge is 0.305 e. The average molecular weight is 366 g/mol. The summed E-state index contributed by atoms with van der Waals surface area (Å²) in [6.45, 7) is 4.37. The lowest BCUT2D eigenvalue weighted by Gasteiger charge is -2.09. The lowest BCUT2D eigenvalue weighted by molar-refractivity contribution is 0.102. The smallest absolute Gasteiger partial charge is 0.191 e. The zero-order valence-corrected chi connectivity index (χ0v) is 16.2. The van der Waals surface area contributed by atoms with Gasteiger partial charge in [-0.3, -0.25) is 4.79 Å². The van der Waals surface area contributed by atoms with Crippen molar-refractivity contribution in [2.24, 2.45) is 7.05 Å². The fraction of sp³-hybridized carbons (Fsp3) is 0.286. The lowest BCUT2D eigenvalue weighted by atomic mass is 9.97. The molecule has 1 aromatic heterocycles. The van der Waals surface area contributed by atoms with Crippen molar-refractivity contribution >= 4 is 17.5 Å². The number of nitrogens with zero attached hydrogens (tertiary/aromatic N) is 3. The summed E-state index contributed by atoms with van der Waals surface area (Å²) in [6, 6.07) is 17.9. The van der Waals surface area contributed by atoms with E-state index in [1.807, 2.05) is 54.1 Å². The number of benzene rings is 2. The number of aromatic nitrogens is 3. The molecule has 3 rings (SSSR count). The Morgan fingerprint density at radius 2 is 1.77 bits per heavy atom. The minimum absolute atomic E-state index is 0.106. The molecule has 0 unspecified atom stereocenters. The van der Waals surface area contributed by atoms with Gasteiger partial charge >= 0.3 is 0 Å². The minimum atomic E-state index is 0.106. The van der Waals surface area contributed by atoms with Gasteiger partial charge in [0.25, 0.3) is 0 Å². The predicted octanol–water partition coefficient (Wildman–Crippen LogP) is 4.97. The Bertz CT molecular complexity index is 872. The van der Waals surface area contributed by atoms with Crippen molar-refractivity contribution in [2.75, 3.05) is 5.75 Å². The SMILES string of the molecule is CC[C@@H](C)c1ccc(C(=O)CSc2nnc(-c3ccccc3)n2C)cc1. The fourth-order valence-corrected chi connectivity index (χ4v) is 3.53. The van der Waals surface area contributed by atoms with Gasteiger partial charge in [0, 0.05) is 18.2 Å². The molecule has 4 nitrogen and oxygen atoms in total. The molecule has 1 atom stereocenters. The molecule has 26 heavy (non-hydrogen) atoms. The van der Waals surface area contributed by atoms with E-state index in [1.54, 1.807) is 0 Å². The Morgan fingerprint density at radius 3 is 2.42 bits per heavy atom. The summed E-state index contributed by atoms with van der Waals surface area (Å²) in [5.41, 5.74) is 3.04. The monoisotopic (exact) mass is 365 g/mol. The number of Topliss-reactive ketones (excluding diaryl/α,β-unsaturated/α-hetero) is 1. The lowest BCUT2D eigenvalue weighted by Crippen LogP contribution is -2.04. The second-order valence-electron chi connectivity index (χ2n) is 6.37. The molecule has 0 saturated carbocycles. The van der Waals surface area contributed by atoms with Crippen molar-refractivity contribution in [3.05, 3.63) is 65.7 Å². The van der Waals surface area contributed by atoms with Crippen molar-refractivity contribution in [2.45, 2.75) is 31.3 Å². The highest BCUT2D eigenvalue weighted by Crippen LogP contribution is 2.24. The predicted molar refractivity (Wildman–Crippen MR) is 107 cm³/mol. The molecule has 0 N–H and O–H groups in total. The second-order valence-corrected chi connectivity index (χ2v) is 7.32. The van der Waals surface area contributed by atoms with Gasteiger partial charge in [0.05, 0.1) is 5.75 Å². The summed E-state index contributed by atoms with van der Waals surface area (Å²) in [4.78, 5) is 12.5. The Balaban J connectivity index is 1.66. The normalized spacial score (nSPS) is 12.1. The molecule has 0 bridgehead atoms. The number of thioether (sulfide) groups is 1. The molecule has 0 spiro atoms. The quantitative estimate of drug-likeness (QED) is 0.438. The van der Waals surface area contributed by atoms with Crippen molar-refractivity contribution in [1.82, 2.24) is 14.8 Å². The van der Waals surface area contributed by atoms with Crippen LogP contribution in [0.1, 0.15) is 42.1 Å². The van der Waals surface area contributed by atoms with Crippen LogP contribution in [0, 0.1) is 0 Å². The summed E-state index contributed by atoms with van der Waals surface area (Å²) in [6.07, 6.45) is 1.10. The first-order valence-corrected chi connectivity index (χ1v) is 9.79. The molecule has 0 amide bonds. The minimum Gasteiger partial charge on any atom is -0.305 e. The third-order valence-electron chi connectivity index (χ3n) is 4.61. The fourth-order valence-electron chi connectivity index (χ4n) is 2.73. The summed E-state index contributed by atoms with van der Waals surface area (Å²) in [5.74, 6) is 1.78. The zero-order chi connectivity index (χ0) is 18.5. The summed E-state index contributed by atoms with van der Waals surface area (Å²) in [7, 11) is 1.93. The van der Waals surface area contributed by atoms with Gasteiger partial charge in [-0.15, -0.1) is 10.2 Å². The van der Waals surface area contributed by atoms with E-state index >= 15 is 0 Å². The summed E-state index contributed by atoms with van der Waals surface area (Å²) >= 11 is 1.42. The zero-order valence-electron chi connectivity index (χ0n) is 15.3. The average Bonchev–Trinajstić information content (AvgIpc) is 3.06. The van der Waals surface area contributed by atoms with Crippen LogP contribution in [0.2, 0.25) is 0 Å². The highest BCUT2D eigenvalue weighted by atomic mass is 32.2. The Hall–Kier alpha value is -2.40. The van der Waals surface area contributed by atoms with Gasteiger partial charge < -0.3 is 4.57 Å². The third kappa shape index (κ3) is 4.05. The first-order valence-electron chi connectivity index (χ1n) is 8.81. The van der Waals surface area contributed by atoms with E-state index in [1.165, 1.54) is 17.3 Å². The number of ketones is 1. The maximum Gasteiger partial charge on any atom is 0.191 e. The van der Waals surface area contributed by atoms with Crippen LogP contribution < -0.4 is 0 Å². The molecule has 0 aliphatic carbocycles. The molecule has 2 aromatic carbocycles. The number of rotatable bonds is 7. The van der Waals surface area contributed by atoms with E-state index in [0.717, 1.165) is 28.5 Å². The molecular formula is C21H23N3OS. The van der Waals surface area contributed by atoms with E-state index in [4.69, 9.17) is 0 Å². The van der Waals surface area contributed by atoms with Gasteiger partial charge in [-0.25, -0.2) is 0 Å². The first-order chi connectivity index (χ1) is 12.6.